The minimum atomic E-state index is -3.97. The number of rotatable bonds is 6. The smallest absolute Gasteiger partial charge is 0.318 e. The molecule has 0 aliphatic carbocycles. The van der Waals surface area contributed by atoms with Gasteiger partial charge in [-0.15, -0.1) is 0 Å². The van der Waals surface area contributed by atoms with E-state index in [1.54, 1.807) is 25.1 Å². The second-order valence-corrected chi connectivity index (χ2v) is 6.99. The first kappa shape index (κ1) is 16.7. The van der Waals surface area contributed by atoms with Crippen molar-refractivity contribution in [3.05, 3.63) is 35.5 Å². The van der Waals surface area contributed by atoms with Crippen LogP contribution in [0.4, 0.5) is 0 Å². The van der Waals surface area contributed by atoms with Gasteiger partial charge >= 0.3 is 5.97 Å². The van der Waals surface area contributed by atoms with Crippen molar-refractivity contribution in [3.8, 4) is 0 Å². The lowest BCUT2D eigenvalue weighted by atomic mass is 10.2. The summed E-state index contributed by atoms with van der Waals surface area (Å²) in [5.41, 5.74) is 0.237. The number of carbonyl (C=O) groups is 1. The van der Waals surface area contributed by atoms with Crippen LogP contribution in [-0.4, -0.2) is 41.9 Å². The number of sulfonamides is 1. The van der Waals surface area contributed by atoms with Crippen LogP contribution < -0.4 is 0 Å². The normalized spacial score (nSPS) is 12.0. The first-order chi connectivity index (χ1) is 10.4. The predicted octanol–water partition coefficient (Wildman–Crippen LogP) is 2.37. The highest BCUT2D eigenvalue weighted by Gasteiger charge is 2.28. The van der Waals surface area contributed by atoms with E-state index in [-0.39, 0.29) is 17.0 Å². The monoisotopic (exact) mass is 342 g/mol. The SMILES string of the molecule is CCCN(CC(=O)O)S(=O)(=O)c1cccc2c(Cl)ccnc12. The van der Waals surface area contributed by atoms with Crippen LogP contribution in [0.3, 0.4) is 0 Å². The number of halogens is 1. The van der Waals surface area contributed by atoms with Gasteiger partial charge in [-0.3, -0.25) is 9.78 Å². The molecule has 0 saturated heterocycles. The minimum Gasteiger partial charge on any atom is -0.480 e. The molecule has 2 aromatic rings. The molecule has 0 radical (unpaired) electrons. The molecule has 1 N–H and O–H groups in total. The fourth-order valence-corrected chi connectivity index (χ4v) is 3.99. The molecule has 1 aromatic heterocycles. The Bertz CT molecular complexity index is 808. The summed E-state index contributed by atoms with van der Waals surface area (Å²) in [5, 5.41) is 9.84. The van der Waals surface area contributed by atoms with Gasteiger partial charge in [-0.2, -0.15) is 4.31 Å². The highest BCUT2D eigenvalue weighted by Crippen LogP contribution is 2.28. The van der Waals surface area contributed by atoms with E-state index >= 15 is 0 Å². The molecule has 6 nitrogen and oxygen atoms in total. The Hall–Kier alpha value is -1.70. The zero-order valence-corrected chi connectivity index (χ0v) is 13.4. The Morgan fingerprint density at radius 2 is 2.09 bits per heavy atom. The lowest BCUT2D eigenvalue weighted by Gasteiger charge is -2.20. The van der Waals surface area contributed by atoms with E-state index in [2.05, 4.69) is 4.98 Å². The summed E-state index contributed by atoms with van der Waals surface area (Å²) in [6.45, 7) is 1.31. The van der Waals surface area contributed by atoms with E-state index in [0.29, 0.717) is 16.8 Å². The molecule has 0 atom stereocenters. The molecule has 0 bridgehead atoms. The fourth-order valence-electron chi connectivity index (χ4n) is 2.15. The Labute approximate surface area is 133 Å². The van der Waals surface area contributed by atoms with E-state index in [4.69, 9.17) is 16.7 Å². The van der Waals surface area contributed by atoms with Crippen LogP contribution in [-0.2, 0) is 14.8 Å². The maximum absolute atomic E-state index is 12.8. The third-order valence-corrected chi connectivity index (χ3v) is 5.29. The number of benzene rings is 1. The number of pyridine rings is 1. The van der Waals surface area contributed by atoms with Crippen molar-refractivity contribution in [2.24, 2.45) is 0 Å². The molecule has 1 heterocycles. The second-order valence-electron chi connectivity index (χ2n) is 4.68. The molecule has 0 unspecified atom stereocenters. The Kier molecular flexibility index (Phi) is 5.00. The van der Waals surface area contributed by atoms with E-state index in [1.807, 2.05) is 0 Å². The maximum Gasteiger partial charge on any atom is 0.318 e. The van der Waals surface area contributed by atoms with E-state index in [0.717, 1.165) is 4.31 Å². The number of aromatic nitrogens is 1. The number of carboxylic acids is 1. The molecule has 0 aliphatic rings. The molecule has 0 saturated carbocycles. The van der Waals surface area contributed by atoms with Crippen molar-refractivity contribution in [2.75, 3.05) is 13.1 Å². The number of carboxylic acid groups (broad SMARTS) is 1. The summed E-state index contributed by atoms with van der Waals surface area (Å²) in [6, 6.07) is 6.21. The summed E-state index contributed by atoms with van der Waals surface area (Å²) in [7, 11) is -3.97. The number of para-hydroxylation sites is 1. The number of hydrogen-bond acceptors (Lipinski definition) is 4. The van der Waals surface area contributed by atoms with Crippen LogP contribution in [0, 0.1) is 0 Å². The van der Waals surface area contributed by atoms with Gasteiger partial charge in [-0.1, -0.05) is 30.7 Å². The molecule has 118 valence electrons. The van der Waals surface area contributed by atoms with Crippen molar-refractivity contribution in [3.63, 3.8) is 0 Å². The number of aliphatic carboxylic acids is 1. The van der Waals surface area contributed by atoms with Crippen molar-refractivity contribution in [2.45, 2.75) is 18.2 Å². The number of fused-ring (bicyclic) bond motifs is 1. The lowest BCUT2D eigenvalue weighted by molar-refractivity contribution is -0.137. The lowest BCUT2D eigenvalue weighted by Crippen LogP contribution is -2.36. The summed E-state index contributed by atoms with van der Waals surface area (Å²) < 4.78 is 26.5. The van der Waals surface area contributed by atoms with Crippen molar-refractivity contribution < 1.29 is 18.3 Å². The maximum atomic E-state index is 12.8. The Morgan fingerprint density at radius 3 is 2.73 bits per heavy atom. The standard InChI is InChI=1S/C14H15ClN2O4S/c1-2-8-17(9-13(18)19)22(20,21)12-5-3-4-10-11(15)6-7-16-14(10)12/h3-7H,2,8-9H2,1H3,(H,18,19). The van der Waals surface area contributed by atoms with Gasteiger partial charge in [0.2, 0.25) is 10.0 Å². The zero-order chi connectivity index (χ0) is 16.3. The number of hydrogen-bond donors (Lipinski definition) is 1. The fraction of sp³-hybridized carbons (Fsp3) is 0.286. The van der Waals surface area contributed by atoms with Crippen LogP contribution in [0.5, 0.6) is 0 Å². The van der Waals surface area contributed by atoms with Crippen molar-refractivity contribution >= 4 is 38.5 Å². The minimum absolute atomic E-state index is 0.0396. The molecule has 2 rings (SSSR count). The van der Waals surface area contributed by atoms with Gasteiger partial charge in [0.1, 0.15) is 11.4 Å². The Balaban J connectivity index is 2.62. The van der Waals surface area contributed by atoms with Gasteiger partial charge in [0.15, 0.2) is 0 Å². The quantitative estimate of drug-likeness (QED) is 0.870. The molecule has 22 heavy (non-hydrogen) atoms. The van der Waals surface area contributed by atoms with E-state index in [9.17, 15) is 13.2 Å². The molecule has 0 amide bonds. The Morgan fingerprint density at radius 1 is 1.36 bits per heavy atom. The highest BCUT2D eigenvalue weighted by molar-refractivity contribution is 7.89. The van der Waals surface area contributed by atoms with Gasteiger partial charge in [0.05, 0.1) is 10.5 Å². The average Bonchev–Trinajstić information content (AvgIpc) is 2.46. The van der Waals surface area contributed by atoms with Crippen LogP contribution in [0.1, 0.15) is 13.3 Å². The third-order valence-electron chi connectivity index (χ3n) is 3.08. The zero-order valence-electron chi connectivity index (χ0n) is 11.9. The topological polar surface area (TPSA) is 87.6 Å². The van der Waals surface area contributed by atoms with Gasteiger partial charge in [-0.25, -0.2) is 8.42 Å². The molecule has 0 spiro atoms. The van der Waals surface area contributed by atoms with E-state index in [1.165, 1.54) is 12.3 Å². The van der Waals surface area contributed by atoms with Gasteiger partial charge in [0.25, 0.3) is 0 Å². The van der Waals surface area contributed by atoms with Crippen molar-refractivity contribution in [1.82, 2.24) is 9.29 Å². The van der Waals surface area contributed by atoms with Crippen LogP contribution in [0.15, 0.2) is 35.4 Å². The molecular weight excluding hydrogens is 328 g/mol. The summed E-state index contributed by atoms with van der Waals surface area (Å²) in [6.07, 6.45) is 1.93. The molecular formula is C14H15ClN2O4S. The van der Waals surface area contributed by atoms with Crippen LogP contribution >= 0.6 is 11.6 Å². The van der Waals surface area contributed by atoms with Crippen molar-refractivity contribution in [1.29, 1.82) is 0 Å². The van der Waals surface area contributed by atoms with Gasteiger partial charge in [-0.05, 0) is 18.6 Å². The summed E-state index contributed by atoms with van der Waals surface area (Å²) in [4.78, 5) is 15.0. The summed E-state index contributed by atoms with van der Waals surface area (Å²) >= 11 is 6.06. The number of nitrogens with zero attached hydrogens (tertiary/aromatic N) is 2. The first-order valence-electron chi connectivity index (χ1n) is 6.63. The van der Waals surface area contributed by atoms with Crippen LogP contribution in [0.25, 0.3) is 10.9 Å². The van der Waals surface area contributed by atoms with Crippen LogP contribution in [0.2, 0.25) is 5.02 Å². The molecule has 0 fully saturated rings. The predicted molar refractivity (Wildman–Crippen MR) is 83.4 cm³/mol. The largest absolute Gasteiger partial charge is 0.480 e. The van der Waals surface area contributed by atoms with E-state index < -0.39 is 22.5 Å². The molecule has 1 aromatic carbocycles. The summed E-state index contributed by atoms with van der Waals surface area (Å²) in [5.74, 6) is -1.21. The third kappa shape index (κ3) is 3.21. The molecule has 8 heteroatoms. The highest BCUT2D eigenvalue weighted by atomic mass is 35.5. The first-order valence-corrected chi connectivity index (χ1v) is 8.45. The van der Waals surface area contributed by atoms with Gasteiger partial charge in [0, 0.05) is 18.1 Å². The average molecular weight is 343 g/mol. The van der Waals surface area contributed by atoms with Gasteiger partial charge < -0.3 is 5.11 Å². The second kappa shape index (κ2) is 6.60. The molecule has 0 aliphatic heterocycles.